The Morgan fingerprint density at radius 2 is 1.77 bits per heavy atom. The van der Waals surface area contributed by atoms with E-state index in [0.717, 1.165) is 0 Å². The third-order valence-corrected chi connectivity index (χ3v) is 3.57. The van der Waals surface area contributed by atoms with Crippen molar-refractivity contribution in [1.29, 1.82) is 0 Å². The highest BCUT2D eigenvalue weighted by Crippen LogP contribution is 2.22. The zero-order chi connectivity index (χ0) is 16.7. The van der Waals surface area contributed by atoms with Crippen LogP contribution in [0.15, 0.2) is 5.16 Å². The van der Waals surface area contributed by atoms with Crippen molar-refractivity contribution in [2.75, 3.05) is 19.0 Å². The smallest absolute Gasteiger partial charge is 0.269 e. The van der Waals surface area contributed by atoms with Crippen molar-refractivity contribution in [2.24, 2.45) is 11.5 Å². The van der Waals surface area contributed by atoms with E-state index >= 15 is 0 Å². The second-order valence-corrected chi connectivity index (χ2v) is 5.44. The van der Waals surface area contributed by atoms with Gasteiger partial charge in [0, 0.05) is 13.2 Å². The Kier molecular flexibility index (Phi) is 7.36. The van der Waals surface area contributed by atoms with Crippen LogP contribution in [-0.4, -0.2) is 46.6 Å². The van der Waals surface area contributed by atoms with Crippen LogP contribution in [0.3, 0.4) is 0 Å². The molecule has 0 spiro atoms. The standard InChI is InChI=1S/C13H22N4O4S/c1-4-20-8(21-5-2)7-17-10(12(15)19)9(11(14)18)16-13(17)22-6-3/h8H,4-7H2,1-3H3,(H2,14,18)(H2,15,19). The van der Waals surface area contributed by atoms with Crippen LogP contribution >= 0.6 is 11.8 Å². The van der Waals surface area contributed by atoms with Crippen LogP contribution in [0.25, 0.3) is 0 Å². The van der Waals surface area contributed by atoms with E-state index in [2.05, 4.69) is 4.98 Å². The van der Waals surface area contributed by atoms with Crippen molar-refractivity contribution in [3.63, 3.8) is 0 Å². The largest absolute Gasteiger partial charge is 0.364 e. The Bertz CT molecular complexity index is 526. The number of amides is 2. The van der Waals surface area contributed by atoms with Crippen LogP contribution in [0.2, 0.25) is 0 Å². The number of hydrogen-bond acceptors (Lipinski definition) is 6. The Labute approximate surface area is 133 Å². The van der Waals surface area contributed by atoms with E-state index in [0.29, 0.717) is 24.1 Å². The van der Waals surface area contributed by atoms with Gasteiger partial charge in [0.1, 0.15) is 5.69 Å². The molecule has 9 heteroatoms. The predicted octanol–water partition coefficient (Wildman–Crippen LogP) is 0.592. The number of ether oxygens (including phenoxy) is 2. The molecule has 0 aliphatic carbocycles. The predicted molar refractivity (Wildman–Crippen MR) is 82.7 cm³/mol. The summed E-state index contributed by atoms with van der Waals surface area (Å²) in [6.45, 7) is 6.70. The van der Waals surface area contributed by atoms with Crippen LogP contribution < -0.4 is 11.5 Å². The first kappa shape index (κ1) is 18.5. The number of carbonyl (C=O) groups is 2. The highest BCUT2D eigenvalue weighted by molar-refractivity contribution is 7.99. The molecule has 0 saturated carbocycles. The van der Waals surface area contributed by atoms with Gasteiger partial charge in [-0.15, -0.1) is 0 Å². The molecule has 2 amide bonds. The quantitative estimate of drug-likeness (QED) is 0.478. The number of carbonyl (C=O) groups excluding carboxylic acids is 2. The first-order chi connectivity index (χ1) is 10.5. The van der Waals surface area contributed by atoms with E-state index in [9.17, 15) is 9.59 Å². The average Bonchev–Trinajstić information content (AvgIpc) is 2.79. The fourth-order valence-electron chi connectivity index (χ4n) is 1.94. The normalized spacial score (nSPS) is 11.1. The second kappa shape index (κ2) is 8.76. The van der Waals surface area contributed by atoms with Gasteiger partial charge in [0.15, 0.2) is 17.1 Å². The van der Waals surface area contributed by atoms with Gasteiger partial charge in [0.2, 0.25) is 0 Å². The fourth-order valence-corrected chi connectivity index (χ4v) is 2.67. The lowest BCUT2D eigenvalue weighted by Gasteiger charge is -2.19. The first-order valence-electron chi connectivity index (χ1n) is 7.02. The minimum atomic E-state index is -0.796. The van der Waals surface area contributed by atoms with Gasteiger partial charge in [0.05, 0.1) is 6.54 Å². The van der Waals surface area contributed by atoms with Crippen molar-refractivity contribution in [3.8, 4) is 0 Å². The SMILES string of the molecule is CCOC(Cn1c(SCC)nc(C(N)=O)c1C(N)=O)OCC. The maximum Gasteiger partial charge on any atom is 0.269 e. The van der Waals surface area contributed by atoms with Crippen molar-refractivity contribution >= 4 is 23.6 Å². The van der Waals surface area contributed by atoms with Gasteiger partial charge < -0.3 is 25.5 Å². The maximum absolute atomic E-state index is 11.7. The number of imidazole rings is 1. The van der Waals surface area contributed by atoms with E-state index < -0.39 is 18.1 Å². The van der Waals surface area contributed by atoms with E-state index in [4.69, 9.17) is 20.9 Å². The van der Waals surface area contributed by atoms with Crippen LogP contribution in [0.5, 0.6) is 0 Å². The summed E-state index contributed by atoms with van der Waals surface area (Å²) in [6, 6.07) is 0. The number of nitrogens with zero attached hydrogens (tertiary/aromatic N) is 2. The van der Waals surface area contributed by atoms with E-state index in [1.807, 2.05) is 20.8 Å². The maximum atomic E-state index is 11.7. The van der Waals surface area contributed by atoms with E-state index in [-0.39, 0.29) is 17.9 Å². The van der Waals surface area contributed by atoms with E-state index in [1.54, 1.807) is 0 Å². The molecule has 0 aromatic carbocycles. The molecule has 0 atom stereocenters. The van der Waals surface area contributed by atoms with Gasteiger partial charge in [-0.25, -0.2) is 4.98 Å². The fraction of sp³-hybridized carbons (Fsp3) is 0.615. The molecule has 0 radical (unpaired) electrons. The highest BCUT2D eigenvalue weighted by atomic mass is 32.2. The van der Waals surface area contributed by atoms with Crippen LogP contribution in [-0.2, 0) is 16.0 Å². The topological polar surface area (TPSA) is 122 Å². The van der Waals surface area contributed by atoms with Gasteiger partial charge in [-0.2, -0.15) is 0 Å². The first-order valence-corrected chi connectivity index (χ1v) is 8.00. The average molecular weight is 330 g/mol. The Hall–Kier alpha value is -1.58. The van der Waals surface area contributed by atoms with Gasteiger partial charge in [-0.05, 0) is 19.6 Å². The summed E-state index contributed by atoms with van der Waals surface area (Å²) in [7, 11) is 0. The summed E-state index contributed by atoms with van der Waals surface area (Å²) in [5, 5.41) is 0.481. The zero-order valence-corrected chi connectivity index (χ0v) is 13.8. The molecule has 0 bridgehead atoms. The molecule has 1 heterocycles. The Balaban J connectivity index is 3.28. The molecule has 4 N–H and O–H groups in total. The number of primary amides is 2. The lowest BCUT2D eigenvalue weighted by atomic mass is 10.3. The molecule has 1 aromatic rings. The minimum Gasteiger partial charge on any atom is -0.364 e. The third kappa shape index (κ3) is 4.46. The van der Waals surface area contributed by atoms with Crippen molar-refractivity contribution in [1.82, 2.24) is 9.55 Å². The van der Waals surface area contributed by atoms with Crippen molar-refractivity contribution in [2.45, 2.75) is 38.8 Å². The van der Waals surface area contributed by atoms with E-state index in [1.165, 1.54) is 16.3 Å². The van der Waals surface area contributed by atoms with Gasteiger partial charge in [-0.1, -0.05) is 18.7 Å². The summed E-state index contributed by atoms with van der Waals surface area (Å²) in [6.07, 6.45) is -0.570. The lowest BCUT2D eigenvalue weighted by Crippen LogP contribution is -2.29. The third-order valence-electron chi connectivity index (χ3n) is 2.71. The molecule has 0 saturated heterocycles. The van der Waals surface area contributed by atoms with Crippen LogP contribution in [0.4, 0.5) is 0 Å². The monoisotopic (exact) mass is 330 g/mol. The molecular weight excluding hydrogens is 308 g/mol. The second-order valence-electron chi connectivity index (χ2n) is 4.20. The van der Waals surface area contributed by atoms with Crippen LogP contribution in [0.1, 0.15) is 41.7 Å². The molecule has 0 unspecified atom stereocenters. The Morgan fingerprint density at radius 3 is 2.18 bits per heavy atom. The molecule has 1 aromatic heterocycles. The van der Waals surface area contributed by atoms with Crippen LogP contribution in [0, 0.1) is 0 Å². The number of aromatic nitrogens is 2. The number of thioether (sulfide) groups is 1. The minimum absolute atomic E-state index is 0.0205. The highest BCUT2D eigenvalue weighted by Gasteiger charge is 2.26. The molecular formula is C13H22N4O4S. The van der Waals surface area contributed by atoms with Gasteiger partial charge in [0.25, 0.3) is 11.8 Å². The summed E-state index contributed by atoms with van der Waals surface area (Å²) in [5.74, 6) is -0.854. The summed E-state index contributed by atoms with van der Waals surface area (Å²) in [5.41, 5.74) is 10.5. The summed E-state index contributed by atoms with van der Waals surface area (Å²) >= 11 is 1.38. The molecule has 0 aliphatic heterocycles. The van der Waals surface area contributed by atoms with Gasteiger partial charge >= 0.3 is 0 Å². The molecule has 0 fully saturated rings. The summed E-state index contributed by atoms with van der Waals surface area (Å²) < 4.78 is 12.5. The Morgan fingerprint density at radius 1 is 1.18 bits per heavy atom. The number of nitrogens with two attached hydrogens (primary N) is 2. The molecule has 124 valence electrons. The molecule has 22 heavy (non-hydrogen) atoms. The van der Waals surface area contributed by atoms with Gasteiger partial charge in [-0.3, -0.25) is 9.59 Å². The lowest BCUT2D eigenvalue weighted by molar-refractivity contribution is -0.144. The summed E-state index contributed by atoms with van der Waals surface area (Å²) in [4.78, 5) is 27.4. The van der Waals surface area contributed by atoms with Crippen molar-refractivity contribution < 1.29 is 19.1 Å². The number of hydrogen-bond donors (Lipinski definition) is 2. The molecule has 8 nitrogen and oxygen atoms in total. The molecule has 1 rings (SSSR count). The van der Waals surface area contributed by atoms with Crippen molar-refractivity contribution in [3.05, 3.63) is 11.4 Å². The molecule has 0 aliphatic rings. The number of rotatable bonds is 10. The zero-order valence-electron chi connectivity index (χ0n) is 13.0.